The number of nitrogens with two attached hydrogens (primary N) is 1. The van der Waals surface area contributed by atoms with Gasteiger partial charge in [-0.1, -0.05) is 34.8 Å². The normalized spacial score (nSPS) is 11.3. The summed E-state index contributed by atoms with van der Waals surface area (Å²) in [6.07, 6.45) is 0. The van der Waals surface area contributed by atoms with Crippen LogP contribution in [0.15, 0.2) is 0 Å². The Hall–Kier alpha value is -0.300. The highest BCUT2D eigenvalue weighted by molar-refractivity contribution is 7.10. The average molecular weight is 262 g/mol. The van der Waals surface area contributed by atoms with Gasteiger partial charge in [0.2, 0.25) is 5.13 Å². The second-order valence-electron chi connectivity index (χ2n) is 1.91. The number of carbonyl (C=O) groups excluding carboxylic acids is 1. The minimum atomic E-state index is -1.69. The lowest BCUT2D eigenvalue weighted by Crippen LogP contribution is -2.19. The minimum absolute atomic E-state index is 0.00579. The highest BCUT2D eigenvalue weighted by Gasteiger charge is 2.28. The standard InChI is InChI=1S/C4H3Cl3N4OS/c5-4(6,7)1-9-3(13-11-1)10-2(8)12/h(H3,8,9,10,11,12). The monoisotopic (exact) mass is 260 g/mol. The summed E-state index contributed by atoms with van der Waals surface area (Å²) in [6, 6.07) is -0.744. The molecule has 9 heteroatoms. The van der Waals surface area contributed by atoms with Crippen molar-refractivity contribution in [2.45, 2.75) is 3.79 Å². The van der Waals surface area contributed by atoms with Crippen molar-refractivity contribution in [3.8, 4) is 0 Å². The zero-order chi connectivity index (χ0) is 10.1. The van der Waals surface area contributed by atoms with Crippen LogP contribution in [0.1, 0.15) is 5.82 Å². The first-order chi connectivity index (χ1) is 5.89. The lowest BCUT2D eigenvalue weighted by atomic mass is 10.7. The van der Waals surface area contributed by atoms with Crippen LogP contribution in [-0.4, -0.2) is 15.4 Å². The number of rotatable bonds is 1. The quantitative estimate of drug-likeness (QED) is 0.757. The van der Waals surface area contributed by atoms with Gasteiger partial charge in [-0.05, 0) is 0 Å². The van der Waals surface area contributed by atoms with Gasteiger partial charge in [0.1, 0.15) is 0 Å². The van der Waals surface area contributed by atoms with Crippen LogP contribution in [-0.2, 0) is 3.79 Å². The van der Waals surface area contributed by atoms with Crippen molar-refractivity contribution < 1.29 is 4.79 Å². The third-order valence-corrected chi connectivity index (χ3v) is 2.05. The van der Waals surface area contributed by atoms with Gasteiger partial charge < -0.3 is 5.73 Å². The van der Waals surface area contributed by atoms with E-state index in [4.69, 9.17) is 40.5 Å². The largest absolute Gasteiger partial charge is 0.351 e. The molecule has 0 saturated heterocycles. The van der Waals surface area contributed by atoms with E-state index < -0.39 is 9.82 Å². The molecule has 0 aliphatic rings. The molecule has 0 spiro atoms. The predicted octanol–water partition coefficient (Wildman–Crippen LogP) is 1.86. The van der Waals surface area contributed by atoms with E-state index in [1.54, 1.807) is 0 Å². The Kier molecular flexibility index (Phi) is 3.18. The number of nitrogens with zero attached hydrogens (tertiary/aromatic N) is 2. The summed E-state index contributed by atoms with van der Waals surface area (Å²) in [5, 5.41) is 2.39. The lowest BCUT2D eigenvalue weighted by Gasteiger charge is -2.02. The van der Waals surface area contributed by atoms with E-state index in [0.717, 1.165) is 11.5 Å². The van der Waals surface area contributed by atoms with Gasteiger partial charge in [-0.25, -0.2) is 4.79 Å². The Morgan fingerprint density at radius 2 is 2.15 bits per heavy atom. The third kappa shape index (κ3) is 3.15. The van der Waals surface area contributed by atoms with E-state index in [2.05, 4.69) is 14.7 Å². The second-order valence-corrected chi connectivity index (χ2v) is 4.94. The maximum absolute atomic E-state index is 10.4. The fourth-order valence-electron chi connectivity index (χ4n) is 0.495. The van der Waals surface area contributed by atoms with Crippen LogP contribution in [0.2, 0.25) is 0 Å². The van der Waals surface area contributed by atoms with Crippen LogP contribution in [0.4, 0.5) is 9.93 Å². The first-order valence-corrected chi connectivity index (χ1v) is 4.77. The van der Waals surface area contributed by atoms with E-state index in [0.29, 0.717) is 0 Å². The molecule has 3 N–H and O–H groups in total. The van der Waals surface area contributed by atoms with Gasteiger partial charge in [0, 0.05) is 11.5 Å². The molecular weight excluding hydrogens is 258 g/mol. The smallest absolute Gasteiger partial charge is 0.318 e. The Balaban J connectivity index is 2.81. The number of alkyl halides is 3. The number of primary amides is 1. The van der Waals surface area contributed by atoms with E-state index in [1.807, 2.05) is 0 Å². The van der Waals surface area contributed by atoms with Gasteiger partial charge in [-0.2, -0.15) is 9.36 Å². The molecule has 0 bridgehead atoms. The zero-order valence-corrected chi connectivity index (χ0v) is 9.01. The van der Waals surface area contributed by atoms with Crippen LogP contribution in [0.5, 0.6) is 0 Å². The molecule has 0 fully saturated rings. The van der Waals surface area contributed by atoms with Crippen molar-refractivity contribution in [3.63, 3.8) is 0 Å². The highest BCUT2D eigenvalue weighted by Crippen LogP contribution is 2.37. The van der Waals surface area contributed by atoms with Crippen molar-refractivity contribution in [1.29, 1.82) is 0 Å². The van der Waals surface area contributed by atoms with Crippen molar-refractivity contribution >= 4 is 57.5 Å². The molecule has 0 radical (unpaired) electrons. The Bertz CT molecular complexity index is 321. The van der Waals surface area contributed by atoms with Gasteiger partial charge >= 0.3 is 6.03 Å². The van der Waals surface area contributed by atoms with Gasteiger partial charge in [-0.3, -0.25) is 5.32 Å². The van der Waals surface area contributed by atoms with Crippen molar-refractivity contribution in [2.24, 2.45) is 5.73 Å². The number of aromatic nitrogens is 2. The molecule has 1 aromatic heterocycles. The molecule has 13 heavy (non-hydrogen) atoms. The number of anilines is 1. The van der Waals surface area contributed by atoms with Crippen LogP contribution >= 0.6 is 46.3 Å². The van der Waals surface area contributed by atoms with Crippen LogP contribution in [0, 0.1) is 0 Å². The first kappa shape index (κ1) is 10.8. The van der Waals surface area contributed by atoms with E-state index in [9.17, 15) is 4.79 Å². The van der Waals surface area contributed by atoms with E-state index in [1.165, 1.54) is 0 Å². The Morgan fingerprint density at radius 3 is 2.54 bits per heavy atom. The summed E-state index contributed by atoms with van der Waals surface area (Å²) in [5.41, 5.74) is 4.83. The van der Waals surface area contributed by atoms with Crippen LogP contribution < -0.4 is 11.1 Å². The molecule has 2 amide bonds. The average Bonchev–Trinajstić information content (AvgIpc) is 2.32. The maximum atomic E-state index is 10.4. The number of amides is 2. The lowest BCUT2D eigenvalue weighted by molar-refractivity contribution is 0.259. The first-order valence-electron chi connectivity index (χ1n) is 2.87. The summed E-state index contributed by atoms with van der Waals surface area (Å²) >= 11 is 17.3. The van der Waals surface area contributed by atoms with E-state index >= 15 is 0 Å². The molecule has 1 rings (SSSR count). The highest BCUT2D eigenvalue weighted by atomic mass is 35.6. The van der Waals surface area contributed by atoms with Gasteiger partial charge in [0.25, 0.3) is 3.79 Å². The molecule has 0 aliphatic heterocycles. The molecule has 0 aromatic carbocycles. The SMILES string of the molecule is NC(=O)Nc1nc(C(Cl)(Cl)Cl)ns1. The molecule has 0 aliphatic carbocycles. The summed E-state index contributed by atoms with van der Waals surface area (Å²) in [7, 11) is 0. The van der Waals surface area contributed by atoms with Crippen LogP contribution in [0.3, 0.4) is 0 Å². The zero-order valence-electron chi connectivity index (χ0n) is 5.92. The predicted molar refractivity (Wildman–Crippen MR) is 52.4 cm³/mol. The topological polar surface area (TPSA) is 80.9 Å². The summed E-state index contributed by atoms with van der Waals surface area (Å²) in [6.45, 7) is 0. The van der Waals surface area contributed by atoms with Crippen LogP contribution in [0.25, 0.3) is 0 Å². The molecular formula is C4H3Cl3N4OS. The van der Waals surface area contributed by atoms with Gasteiger partial charge in [-0.15, -0.1) is 0 Å². The number of hydrogen-bond acceptors (Lipinski definition) is 4. The third-order valence-electron chi connectivity index (χ3n) is 0.910. The van der Waals surface area contributed by atoms with E-state index in [-0.39, 0.29) is 11.0 Å². The molecule has 0 unspecified atom stereocenters. The number of urea groups is 1. The Labute approximate surface area is 92.3 Å². The van der Waals surface area contributed by atoms with Gasteiger partial charge in [0.05, 0.1) is 0 Å². The molecule has 72 valence electrons. The molecule has 1 aromatic rings. The molecule has 0 atom stereocenters. The minimum Gasteiger partial charge on any atom is -0.351 e. The second kappa shape index (κ2) is 3.83. The number of hydrogen-bond donors (Lipinski definition) is 2. The number of nitrogens with one attached hydrogen (secondary N) is 1. The fourth-order valence-corrected chi connectivity index (χ4v) is 1.52. The molecule has 1 heterocycles. The summed E-state index contributed by atoms with van der Waals surface area (Å²) in [5.74, 6) is 0.00579. The summed E-state index contributed by atoms with van der Waals surface area (Å²) < 4.78 is 2.02. The molecule has 5 nitrogen and oxygen atoms in total. The maximum Gasteiger partial charge on any atom is 0.318 e. The fraction of sp³-hybridized carbons (Fsp3) is 0.250. The summed E-state index contributed by atoms with van der Waals surface area (Å²) in [4.78, 5) is 14.1. The van der Waals surface area contributed by atoms with Crippen molar-refractivity contribution in [2.75, 3.05) is 5.32 Å². The number of halogens is 3. The van der Waals surface area contributed by atoms with Gasteiger partial charge in [0.15, 0.2) is 5.82 Å². The van der Waals surface area contributed by atoms with Crippen molar-refractivity contribution in [1.82, 2.24) is 9.36 Å². The van der Waals surface area contributed by atoms with Crippen molar-refractivity contribution in [3.05, 3.63) is 5.82 Å². The number of carbonyl (C=O) groups is 1. The molecule has 0 saturated carbocycles. The Morgan fingerprint density at radius 1 is 1.54 bits per heavy atom.